The third-order valence-electron chi connectivity index (χ3n) is 6.69. The molecule has 33 heavy (non-hydrogen) atoms. The Kier molecular flexibility index (Phi) is 7.04. The number of nitrogens with zero attached hydrogens (tertiary/aromatic N) is 1. The lowest BCUT2D eigenvalue weighted by molar-refractivity contribution is -0.157. The van der Waals surface area contributed by atoms with Crippen molar-refractivity contribution in [2.45, 2.75) is 56.8 Å². The number of nitrogens with one attached hydrogen (secondary N) is 1. The van der Waals surface area contributed by atoms with Crippen molar-refractivity contribution in [3.63, 3.8) is 0 Å². The molecule has 2 aliphatic heterocycles. The summed E-state index contributed by atoms with van der Waals surface area (Å²) in [4.78, 5) is 14.5. The van der Waals surface area contributed by atoms with Gasteiger partial charge in [-0.05, 0) is 49.3 Å². The Balaban J connectivity index is 1.69. The molecule has 0 spiro atoms. The summed E-state index contributed by atoms with van der Waals surface area (Å²) >= 11 is -1.34. The highest BCUT2D eigenvalue weighted by atomic mass is 32.2. The predicted octanol–water partition coefficient (Wildman–Crippen LogP) is 3.59. The Morgan fingerprint density at radius 2 is 1.97 bits per heavy atom. The average Bonchev–Trinajstić information content (AvgIpc) is 2.74. The Hall–Kier alpha value is -2.07. The van der Waals surface area contributed by atoms with E-state index in [0.717, 1.165) is 12.8 Å². The molecule has 5 rings (SSSR count). The van der Waals surface area contributed by atoms with E-state index in [0.29, 0.717) is 11.1 Å². The fraction of sp³-hybridized carbons (Fsp3) is 0.458. The number of hydrogen-bond acceptors (Lipinski definition) is 4. The van der Waals surface area contributed by atoms with E-state index in [-0.39, 0.29) is 35.5 Å². The van der Waals surface area contributed by atoms with Crippen LogP contribution in [0.1, 0.15) is 37.3 Å². The van der Waals surface area contributed by atoms with Crippen molar-refractivity contribution in [2.24, 2.45) is 5.92 Å². The van der Waals surface area contributed by atoms with Crippen LogP contribution in [0.4, 0.5) is 13.2 Å². The molecule has 3 aliphatic rings. The molecule has 2 heterocycles. The Morgan fingerprint density at radius 1 is 1.27 bits per heavy atom. The molecule has 3 fully saturated rings. The highest BCUT2D eigenvalue weighted by molar-refractivity contribution is 7.88. The zero-order chi connectivity index (χ0) is 23.9. The second-order valence-electron chi connectivity index (χ2n) is 8.88. The van der Waals surface area contributed by atoms with Crippen molar-refractivity contribution in [3.8, 4) is 11.1 Å². The molecule has 0 radical (unpaired) electrons. The van der Waals surface area contributed by atoms with E-state index in [2.05, 4.69) is 4.72 Å². The van der Waals surface area contributed by atoms with E-state index in [9.17, 15) is 23.2 Å². The van der Waals surface area contributed by atoms with Crippen LogP contribution in [0.2, 0.25) is 0 Å². The highest BCUT2D eigenvalue weighted by Crippen LogP contribution is 2.44. The van der Waals surface area contributed by atoms with Crippen LogP contribution < -0.4 is 4.72 Å². The Labute approximate surface area is 194 Å². The van der Waals surface area contributed by atoms with Crippen molar-refractivity contribution in [2.75, 3.05) is 6.26 Å². The molecule has 4 atom stereocenters. The minimum absolute atomic E-state index is 0.0422. The Bertz CT molecular complexity index is 1010. The molecule has 5 nitrogen and oxygen atoms in total. The molecule has 1 aliphatic carbocycles. The minimum atomic E-state index is -2.66. The number of aliphatic hydroxyl groups is 1. The van der Waals surface area contributed by atoms with E-state index in [1.54, 1.807) is 23.1 Å². The highest BCUT2D eigenvalue weighted by Gasteiger charge is 2.54. The maximum atomic E-state index is 15.6. The zero-order valence-electron chi connectivity index (χ0n) is 18.4. The van der Waals surface area contributed by atoms with Gasteiger partial charge in [-0.2, -0.15) is 0 Å². The summed E-state index contributed by atoms with van der Waals surface area (Å²) in [5.41, 5.74) is 0.694. The van der Waals surface area contributed by atoms with Gasteiger partial charge in [0.15, 0.2) is 0 Å². The van der Waals surface area contributed by atoms with Crippen LogP contribution in [0.25, 0.3) is 11.1 Å². The van der Waals surface area contributed by atoms with Crippen molar-refractivity contribution < 1.29 is 27.6 Å². The second-order valence-corrected chi connectivity index (χ2v) is 10.0. The normalized spacial score (nSPS) is 26.1. The fourth-order valence-corrected chi connectivity index (χ4v) is 5.82. The first-order chi connectivity index (χ1) is 15.7. The van der Waals surface area contributed by atoms with Gasteiger partial charge < -0.3 is 14.6 Å². The number of aliphatic hydroxyl groups excluding tert-OH is 1. The average molecular weight is 481 g/mol. The standard InChI is InChI=1S/C24H27F3N2O3S/c1-13(30)24(31)29-18-10-17(11-18)22(28-33(2)32)20(29)12-15-6-4-8-19(21(15)25)14-5-3-7-16(9-14)23(26)27/h3-9,13,17-18,20,22-23,28,30H,10-12H2,1-2H3/t13-,17?,18?,20+,22+,33?/m1/s1. The molecule has 9 heteroatoms. The van der Waals surface area contributed by atoms with Gasteiger partial charge in [0.1, 0.15) is 18.2 Å². The number of hydrogen-bond donors (Lipinski definition) is 2. The van der Waals surface area contributed by atoms with Gasteiger partial charge in [0.05, 0.1) is 12.1 Å². The number of alkyl halides is 2. The maximum absolute atomic E-state index is 15.6. The third-order valence-corrected chi connectivity index (χ3v) is 7.30. The third kappa shape index (κ3) is 4.77. The van der Waals surface area contributed by atoms with E-state index >= 15 is 4.39 Å². The summed E-state index contributed by atoms with van der Waals surface area (Å²) in [7, 11) is 0. The number of benzene rings is 2. The van der Waals surface area contributed by atoms with Crippen molar-refractivity contribution in [3.05, 3.63) is 59.4 Å². The topological polar surface area (TPSA) is 75.6 Å². The summed E-state index contributed by atoms with van der Waals surface area (Å²) in [6, 6.07) is 9.58. The summed E-state index contributed by atoms with van der Waals surface area (Å²) in [5, 5.41) is 9.97. The molecular formula is C24H27F3N2O3S. The fourth-order valence-electron chi connectivity index (χ4n) is 5.09. The van der Waals surface area contributed by atoms with E-state index in [1.807, 2.05) is 0 Å². The van der Waals surface area contributed by atoms with Crippen LogP contribution in [-0.4, -0.2) is 51.0 Å². The largest absolute Gasteiger partial charge is 0.598 e. The lowest BCUT2D eigenvalue weighted by atomic mass is 9.66. The summed E-state index contributed by atoms with van der Waals surface area (Å²) in [6.45, 7) is 1.40. The predicted molar refractivity (Wildman–Crippen MR) is 120 cm³/mol. The Morgan fingerprint density at radius 3 is 2.61 bits per heavy atom. The molecule has 2 aromatic carbocycles. The van der Waals surface area contributed by atoms with Crippen molar-refractivity contribution >= 4 is 17.3 Å². The molecule has 0 aromatic heterocycles. The van der Waals surface area contributed by atoms with Crippen molar-refractivity contribution in [1.82, 2.24) is 9.62 Å². The lowest BCUT2D eigenvalue weighted by Gasteiger charge is -2.57. The van der Waals surface area contributed by atoms with Crippen LogP contribution in [0.5, 0.6) is 0 Å². The summed E-state index contributed by atoms with van der Waals surface area (Å²) in [6.07, 6.45) is -0.717. The number of carbonyl (C=O) groups is 1. The number of halogens is 3. The van der Waals surface area contributed by atoms with Crippen molar-refractivity contribution in [1.29, 1.82) is 0 Å². The van der Waals surface area contributed by atoms with Crippen LogP contribution in [-0.2, 0) is 22.6 Å². The van der Waals surface area contributed by atoms with Crippen LogP contribution >= 0.6 is 0 Å². The second kappa shape index (κ2) is 9.66. The maximum Gasteiger partial charge on any atom is 0.263 e. The number of carbonyl (C=O) groups excluding carboxylic acids is 1. The summed E-state index contributed by atoms with van der Waals surface area (Å²) in [5.74, 6) is -0.766. The minimum Gasteiger partial charge on any atom is -0.598 e. The van der Waals surface area contributed by atoms with Gasteiger partial charge in [-0.15, -0.1) is 4.72 Å². The smallest absolute Gasteiger partial charge is 0.263 e. The van der Waals surface area contributed by atoms with E-state index in [1.165, 1.54) is 37.4 Å². The molecule has 1 unspecified atom stereocenters. The van der Waals surface area contributed by atoms with Crippen LogP contribution in [0, 0.1) is 11.7 Å². The van der Waals surface area contributed by atoms with Gasteiger partial charge in [0, 0.05) is 28.5 Å². The molecule has 2 N–H and O–H groups in total. The molecule has 1 saturated carbocycles. The number of fused-ring (bicyclic) bond motifs is 2. The lowest BCUT2D eigenvalue weighted by Crippen LogP contribution is -2.71. The van der Waals surface area contributed by atoms with Gasteiger partial charge in [0.25, 0.3) is 12.3 Å². The van der Waals surface area contributed by atoms with Gasteiger partial charge in [-0.25, -0.2) is 13.2 Å². The summed E-state index contributed by atoms with van der Waals surface area (Å²) < 4.78 is 56.9. The SMILES string of the molecule is C[C@@H](O)C(=O)N1C2CC(C2)[C@H](N[S+](C)[O-])[C@@H]1Cc1cccc(-c2cccc(C(F)F)c2)c1F. The molecule has 178 valence electrons. The van der Waals surface area contributed by atoms with Crippen LogP contribution in [0.3, 0.4) is 0 Å². The first kappa shape index (κ1) is 24.1. The zero-order valence-corrected chi connectivity index (χ0v) is 19.2. The molecule has 2 saturated heterocycles. The van der Waals surface area contributed by atoms with E-state index in [4.69, 9.17) is 0 Å². The molecule has 1 amide bonds. The molecular weight excluding hydrogens is 453 g/mol. The number of piperidine rings is 2. The monoisotopic (exact) mass is 480 g/mol. The van der Waals surface area contributed by atoms with Gasteiger partial charge >= 0.3 is 0 Å². The number of rotatable bonds is 7. The molecule has 2 bridgehead atoms. The van der Waals surface area contributed by atoms with Gasteiger partial charge in [-0.1, -0.05) is 36.4 Å². The van der Waals surface area contributed by atoms with Gasteiger partial charge in [0.2, 0.25) is 0 Å². The van der Waals surface area contributed by atoms with E-state index < -0.39 is 41.7 Å². The first-order valence-electron chi connectivity index (χ1n) is 10.9. The first-order valence-corrected chi connectivity index (χ1v) is 12.5. The quantitative estimate of drug-likeness (QED) is 0.594. The molecule has 2 aromatic rings. The van der Waals surface area contributed by atoms with Gasteiger partial charge in [-0.3, -0.25) is 4.79 Å². The number of amides is 1. The van der Waals surface area contributed by atoms with Crippen LogP contribution in [0.15, 0.2) is 42.5 Å².